The number of fused-ring (bicyclic) bond motifs is 1. The van der Waals surface area contributed by atoms with Crippen LogP contribution in [0.5, 0.6) is 0 Å². The fourth-order valence-corrected chi connectivity index (χ4v) is 2.32. The van der Waals surface area contributed by atoms with Crippen molar-refractivity contribution >= 4 is 10.9 Å². The first-order valence-electron chi connectivity index (χ1n) is 5.29. The smallest absolute Gasteiger partial charge is 0.0485 e. The molecule has 1 N–H and O–H groups in total. The second-order valence-corrected chi connectivity index (χ2v) is 4.21. The summed E-state index contributed by atoms with van der Waals surface area (Å²) in [6.07, 6.45) is 2.86. The van der Waals surface area contributed by atoms with Crippen LogP contribution in [0.2, 0.25) is 0 Å². The molecule has 1 aromatic heterocycles. The Kier molecular flexibility index (Phi) is 2.53. The van der Waals surface area contributed by atoms with E-state index in [0.717, 1.165) is 6.42 Å². The van der Waals surface area contributed by atoms with Crippen LogP contribution in [-0.2, 0) is 13.5 Å². The van der Waals surface area contributed by atoms with Gasteiger partial charge in [0.2, 0.25) is 0 Å². The maximum Gasteiger partial charge on any atom is 0.0485 e. The summed E-state index contributed by atoms with van der Waals surface area (Å²) in [7, 11) is 2.06. The number of hydrogen-bond acceptors (Lipinski definition) is 1. The first-order chi connectivity index (χ1) is 7.13. The lowest BCUT2D eigenvalue weighted by atomic mass is 10.0. The summed E-state index contributed by atoms with van der Waals surface area (Å²) in [5.74, 6) is 0. The van der Waals surface area contributed by atoms with E-state index in [2.05, 4.69) is 43.8 Å². The second kappa shape index (κ2) is 3.70. The monoisotopic (exact) mass is 203 g/mol. The van der Waals surface area contributed by atoms with Gasteiger partial charge in [0, 0.05) is 30.8 Å². The molecule has 0 amide bonds. The lowest BCUT2D eigenvalue weighted by Crippen LogP contribution is -1.89. The summed E-state index contributed by atoms with van der Waals surface area (Å²) in [6, 6.07) is 4.40. The third-order valence-electron chi connectivity index (χ3n) is 2.89. The van der Waals surface area contributed by atoms with E-state index < -0.39 is 0 Å². The molecule has 1 heterocycles. The van der Waals surface area contributed by atoms with Crippen LogP contribution in [0.3, 0.4) is 0 Å². The van der Waals surface area contributed by atoms with Gasteiger partial charge in [-0.05, 0) is 43.0 Å². The van der Waals surface area contributed by atoms with E-state index in [1.165, 1.54) is 27.6 Å². The zero-order valence-electron chi connectivity index (χ0n) is 9.54. The summed E-state index contributed by atoms with van der Waals surface area (Å²) in [4.78, 5) is 0. The Bertz CT molecular complexity index is 497. The lowest BCUT2D eigenvalue weighted by molar-refractivity contribution is 0.300. The van der Waals surface area contributed by atoms with Crippen molar-refractivity contribution in [2.75, 3.05) is 6.61 Å². The van der Waals surface area contributed by atoms with Crippen molar-refractivity contribution in [1.29, 1.82) is 0 Å². The molecule has 2 aromatic rings. The highest BCUT2D eigenvalue weighted by atomic mass is 16.2. The summed E-state index contributed by atoms with van der Waals surface area (Å²) in [5, 5.41) is 10.3. The largest absolute Gasteiger partial charge is 0.396 e. The van der Waals surface area contributed by atoms with Gasteiger partial charge in [0.25, 0.3) is 0 Å². The van der Waals surface area contributed by atoms with Gasteiger partial charge in [0.1, 0.15) is 0 Å². The third-order valence-corrected chi connectivity index (χ3v) is 2.89. The Hall–Kier alpha value is -1.28. The number of benzene rings is 1. The standard InChI is InChI=1S/C13H17NO/c1-9-6-10(2)13-11(4-5-15)8-14(3)12(13)7-9/h6-8,15H,4-5H2,1-3H3. The van der Waals surface area contributed by atoms with Gasteiger partial charge in [0.15, 0.2) is 0 Å². The van der Waals surface area contributed by atoms with Crippen molar-refractivity contribution in [3.63, 3.8) is 0 Å². The topological polar surface area (TPSA) is 25.2 Å². The minimum atomic E-state index is 0.215. The summed E-state index contributed by atoms with van der Waals surface area (Å²) < 4.78 is 2.14. The molecule has 0 aliphatic carbocycles. The number of hydrogen-bond donors (Lipinski definition) is 1. The molecule has 0 saturated carbocycles. The van der Waals surface area contributed by atoms with E-state index in [4.69, 9.17) is 5.11 Å². The van der Waals surface area contributed by atoms with Crippen molar-refractivity contribution < 1.29 is 5.11 Å². The average Bonchev–Trinajstić information content (AvgIpc) is 2.44. The lowest BCUT2D eigenvalue weighted by Gasteiger charge is -2.03. The quantitative estimate of drug-likeness (QED) is 0.796. The SMILES string of the molecule is Cc1cc(C)c2c(CCO)cn(C)c2c1. The average molecular weight is 203 g/mol. The first kappa shape index (κ1) is 10.2. The van der Waals surface area contributed by atoms with Gasteiger partial charge in [-0.3, -0.25) is 0 Å². The van der Waals surface area contributed by atoms with E-state index in [-0.39, 0.29) is 6.61 Å². The van der Waals surface area contributed by atoms with Crippen molar-refractivity contribution in [3.8, 4) is 0 Å². The van der Waals surface area contributed by atoms with E-state index >= 15 is 0 Å². The minimum Gasteiger partial charge on any atom is -0.396 e. The predicted molar refractivity (Wildman–Crippen MR) is 63.2 cm³/mol. The molecule has 15 heavy (non-hydrogen) atoms. The van der Waals surface area contributed by atoms with Crippen LogP contribution in [0.1, 0.15) is 16.7 Å². The highest BCUT2D eigenvalue weighted by Crippen LogP contribution is 2.25. The number of nitrogens with zero attached hydrogens (tertiary/aromatic N) is 1. The van der Waals surface area contributed by atoms with Crippen LogP contribution in [-0.4, -0.2) is 16.3 Å². The second-order valence-electron chi connectivity index (χ2n) is 4.21. The normalized spacial score (nSPS) is 11.2. The van der Waals surface area contributed by atoms with Crippen LogP contribution in [0.15, 0.2) is 18.3 Å². The Balaban J connectivity index is 2.75. The molecule has 0 saturated heterocycles. The van der Waals surface area contributed by atoms with Gasteiger partial charge in [-0.1, -0.05) is 6.07 Å². The molecular weight excluding hydrogens is 186 g/mol. The number of aliphatic hydroxyl groups excluding tert-OH is 1. The van der Waals surface area contributed by atoms with Crippen LogP contribution in [0.25, 0.3) is 10.9 Å². The number of aryl methyl sites for hydroxylation is 3. The molecule has 0 unspecified atom stereocenters. The van der Waals surface area contributed by atoms with Gasteiger partial charge in [-0.2, -0.15) is 0 Å². The molecule has 0 atom stereocenters. The van der Waals surface area contributed by atoms with Gasteiger partial charge < -0.3 is 9.67 Å². The molecule has 0 aliphatic rings. The summed E-state index contributed by atoms with van der Waals surface area (Å²) >= 11 is 0. The van der Waals surface area contributed by atoms with E-state index in [1.54, 1.807) is 0 Å². The fraction of sp³-hybridized carbons (Fsp3) is 0.385. The van der Waals surface area contributed by atoms with Gasteiger partial charge in [-0.15, -0.1) is 0 Å². The molecule has 0 fully saturated rings. The molecular formula is C13H17NO. The highest BCUT2D eigenvalue weighted by molar-refractivity contribution is 5.87. The molecule has 0 spiro atoms. The van der Waals surface area contributed by atoms with Gasteiger partial charge in [0.05, 0.1) is 0 Å². The Morgan fingerprint density at radius 1 is 1.27 bits per heavy atom. The molecule has 0 radical (unpaired) electrons. The van der Waals surface area contributed by atoms with Crippen LogP contribution < -0.4 is 0 Å². The first-order valence-corrected chi connectivity index (χ1v) is 5.29. The van der Waals surface area contributed by atoms with E-state index in [9.17, 15) is 0 Å². The van der Waals surface area contributed by atoms with Crippen molar-refractivity contribution in [2.45, 2.75) is 20.3 Å². The minimum absolute atomic E-state index is 0.215. The summed E-state index contributed by atoms with van der Waals surface area (Å²) in [5.41, 5.74) is 5.09. The number of aliphatic hydroxyl groups is 1. The molecule has 2 heteroatoms. The molecule has 0 aliphatic heterocycles. The molecule has 2 nitrogen and oxygen atoms in total. The van der Waals surface area contributed by atoms with Crippen molar-refractivity contribution in [1.82, 2.24) is 4.57 Å². The van der Waals surface area contributed by atoms with Crippen molar-refractivity contribution in [3.05, 3.63) is 35.0 Å². The molecule has 0 bridgehead atoms. The maximum absolute atomic E-state index is 9.02. The van der Waals surface area contributed by atoms with E-state index in [1.807, 2.05) is 0 Å². The maximum atomic E-state index is 9.02. The molecule has 1 aromatic carbocycles. The fourth-order valence-electron chi connectivity index (χ4n) is 2.32. The number of rotatable bonds is 2. The Morgan fingerprint density at radius 2 is 2.00 bits per heavy atom. The third kappa shape index (κ3) is 1.65. The molecule has 2 rings (SSSR count). The van der Waals surface area contributed by atoms with E-state index in [0.29, 0.717) is 0 Å². The summed E-state index contributed by atoms with van der Waals surface area (Å²) in [6.45, 7) is 4.47. The number of aromatic nitrogens is 1. The highest BCUT2D eigenvalue weighted by Gasteiger charge is 2.08. The van der Waals surface area contributed by atoms with Crippen LogP contribution >= 0.6 is 0 Å². The Morgan fingerprint density at radius 3 is 2.67 bits per heavy atom. The predicted octanol–water partition coefficient (Wildman–Crippen LogP) is 2.33. The molecule has 80 valence electrons. The Labute approximate surface area is 90.2 Å². The van der Waals surface area contributed by atoms with Gasteiger partial charge >= 0.3 is 0 Å². The zero-order valence-corrected chi connectivity index (χ0v) is 9.54. The van der Waals surface area contributed by atoms with Crippen molar-refractivity contribution in [2.24, 2.45) is 7.05 Å². The van der Waals surface area contributed by atoms with Crippen LogP contribution in [0.4, 0.5) is 0 Å². The van der Waals surface area contributed by atoms with Gasteiger partial charge in [-0.25, -0.2) is 0 Å². The van der Waals surface area contributed by atoms with Crippen LogP contribution in [0, 0.1) is 13.8 Å². The zero-order chi connectivity index (χ0) is 11.0.